The highest BCUT2D eigenvalue weighted by molar-refractivity contribution is 7.20. The number of nitrogens with zero attached hydrogens (tertiary/aromatic N) is 1. The molecule has 0 saturated heterocycles. The minimum Gasteiger partial charge on any atom is -0.477 e. The van der Waals surface area contributed by atoms with Crippen LogP contribution in [0.4, 0.5) is 0 Å². The zero-order valence-electron chi connectivity index (χ0n) is 10.9. The summed E-state index contributed by atoms with van der Waals surface area (Å²) in [7, 11) is 0. The molecule has 3 rings (SSSR count). The summed E-state index contributed by atoms with van der Waals surface area (Å²) in [5, 5.41) is 9.93. The molecule has 2 aromatic heterocycles. The van der Waals surface area contributed by atoms with Crippen molar-refractivity contribution in [3.8, 4) is 0 Å². The first kappa shape index (κ1) is 13.1. The Morgan fingerprint density at radius 3 is 2.80 bits per heavy atom. The summed E-state index contributed by atoms with van der Waals surface area (Å²) in [4.78, 5) is 28.0. The van der Waals surface area contributed by atoms with Crippen LogP contribution in [0.3, 0.4) is 0 Å². The molecule has 1 aliphatic carbocycles. The quantitative estimate of drug-likeness (QED) is 0.876. The van der Waals surface area contributed by atoms with Crippen molar-refractivity contribution in [2.24, 2.45) is 0 Å². The van der Waals surface area contributed by atoms with Crippen LogP contribution in [0.2, 0.25) is 0 Å². The van der Waals surface area contributed by atoms with Gasteiger partial charge < -0.3 is 9.84 Å². The number of carbonyl (C=O) groups is 2. The number of thiophene rings is 1. The molecule has 0 spiro atoms. The predicted octanol–water partition coefficient (Wildman–Crippen LogP) is 3.05. The lowest BCUT2D eigenvalue weighted by Gasteiger charge is -2.05. The second-order valence-electron chi connectivity index (χ2n) is 4.73. The van der Waals surface area contributed by atoms with E-state index in [2.05, 4.69) is 4.98 Å². The van der Waals surface area contributed by atoms with Gasteiger partial charge in [0.15, 0.2) is 0 Å². The minimum absolute atomic E-state index is 0.246. The van der Waals surface area contributed by atoms with Crippen LogP contribution in [-0.2, 0) is 4.74 Å². The molecule has 0 atom stereocenters. The van der Waals surface area contributed by atoms with Crippen molar-refractivity contribution in [3.63, 3.8) is 0 Å². The molecule has 1 N–H and O–H groups in total. The Labute approximate surface area is 119 Å². The Balaban J connectivity index is 2.15. The van der Waals surface area contributed by atoms with Gasteiger partial charge in [-0.05, 0) is 43.4 Å². The van der Waals surface area contributed by atoms with Crippen LogP contribution >= 0.6 is 11.3 Å². The van der Waals surface area contributed by atoms with E-state index in [1.54, 1.807) is 19.1 Å². The maximum Gasteiger partial charge on any atom is 0.356 e. The topological polar surface area (TPSA) is 76.5 Å². The number of aromatic nitrogens is 1. The highest BCUT2D eigenvalue weighted by atomic mass is 32.1. The van der Waals surface area contributed by atoms with Gasteiger partial charge in [0, 0.05) is 5.39 Å². The number of hydrogen-bond acceptors (Lipinski definition) is 5. The van der Waals surface area contributed by atoms with Crippen molar-refractivity contribution in [1.29, 1.82) is 0 Å². The van der Waals surface area contributed by atoms with Crippen LogP contribution in [0.15, 0.2) is 12.1 Å². The number of ether oxygens (including phenoxy) is 1. The van der Waals surface area contributed by atoms with E-state index >= 15 is 0 Å². The van der Waals surface area contributed by atoms with Gasteiger partial charge in [-0.1, -0.05) is 0 Å². The Morgan fingerprint density at radius 1 is 1.45 bits per heavy atom. The van der Waals surface area contributed by atoms with E-state index in [0.29, 0.717) is 17.4 Å². The molecule has 5 nitrogen and oxygen atoms in total. The molecule has 2 heterocycles. The first-order valence-corrected chi connectivity index (χ1v) is 7.26. The van der Waals surface area contributed by atoms with Crippen LogP contribution in [0, 0.1) is 0 Å². The largest absolute Gasteiger partial charge is 0.477 e. The molecular formula is C14H13NO4S. The van der Waals surface area contributed by atoms with Crippen LogP contribution in [0.25, 0.3) is 10.2 Å². The fourth-order valence-electron chi connectivity index (χ4n) is 2.19. The Hall–Kier alpha value is -1.95. The molecule has 0 unspecified atom stereocenters. The van der Waals surface area contributed by atoms with Crippen molar-refractivity contribution in [1.82, 2.24) is 4.98 Å². The highest BCUT2D eigenvalue weighted by Crippen LogP contribution is 2.44. The summed E-state index contributed by atoms with van der Waals surface area (Å²) in [6.45, 7) is 2.04. The van der Waals surface area contributed by atoms with E-state index in [-0.39, 0.29) is 10.6 Å². The van der Waals surface area contributed by atoms with E-state index < -0.39 is 11.9 Å². The number of carbonyl (C=O) groups excluding carboxylic acids is 1. The smallest absolute Gasteiger partial charge is 0.356 e. The molecular weight excluding hydrogens is 278 g/mol. The third-order valence-electron chi connectivity index (χ3n) is 3.25. The van der Waals surface area contributed by atoms with Gasteiger partial charge in [-0.15, -0.1) is 11.3 Å². The number of aromatic carboxylic acids is 1. The van der Waals surface area contributed by atoms with Crippen molar-refractivity contribution < 1.29 is 19.4 Å². The van der Waals surface area contributed by atoms with Crippen molar-refractivity contribution >= 4 is 33.5 Å². The maximum atomic E-state index is 11.8. The van der Waals surface area contributed by atoms with Gasteiger partial charge in [0.1, 0.15) is 15.4 Å². The fourth-order valence-corrected chi connectivity index (χ4v) is 3.09. The third kappa shape index (κ3) is 2.27. The van der Waals surface area contributed by atoms with E-state index in [0.717, 1.165) is 35.1 Å². The van der Waals surface area contributed by atoms with E-state index in [4.69, 9.17) is 9.84 Å². The first-order valence-electron chi connectivity index (χ1n) is 6.45. The van der Waals surface area contributed by atoms with Gasteiger partial charge in [0.25, 0.3) is 0 Å². The number of pyridine rings is 1. The molecule has 6 heteroatoms. The molecule has 0 radical (unpaired) electrons. The molecule has 20 heavy (non-hydrogen) atoms. The Morgan fingerprint density at radius 2 is 2.20 bits per heavy atom. The standard InChI is InChI=1S/C14H13NO4S/c1-2-19-14(18)10-5-8(7-3-4-7)9-6-11(13(16)17)20-12(9)15-10/h5-7H,2-4H2,1H3,(H,16,17). The number of hydrogen-bond donors (Lipinski definition) is 1. The van der Waals surface area contributed by atoms with Gasteiger partial charge in [0.05, 0.1) is 6.61 Å². The summed E-state index contributed by atoms with van der Waals surface area (Å²) in [5.74, 6) is -1.01. The lowest BCUT2D eigenvalue weighted by atomic mass is 10.1. The lowest BCUT2D eigenvalue weighted by molar-refractivity contribution is 0.0519. The van der Waals surface area contributed by atoms with Gasteiger partial charge in [0.2, 0.25) is 0 Å². The van der Waals surface area contributed by atoms with Gasteiger partial charge in [-0.25, -0.2) is 14.6 Å². The molecule has 0 amide bonds. The SMILES string of the molecule is CCOC(=O)c1cc(C2CC2)c2cc(C(=O)O)sc2n1. The highest BCUT2D eigenvalue weighted by Gasteiger charge is 2.28. The monoisotopic (exact) mass is 291 g/mol. The fraction of sp³-hybridized carbons (Fsp3) is 0.357. The van der Waals surface area contributed by atoms with E-state index in [1.165, 1.54) is 0 Å². The first-order chi connectivity index (χ1) is 9.60. The van der Waals surface area contributed by atoms with Crippen LogP contribution in [0.1, 0.15) is 51.4 Å². The van der Waals surface area contributed by atoms with E-state index in [1.807, 2.05) is 0 Å². The summed E-state index contributed by atoms with van der Waals surface area (Å²) in [6, 6.07) is 3.40. The minimum atomic E-state index is -0.965. The predicted molar refractivity (Wildman–Crippen MR) is 74.5 cm³/mol. The van der Waals surface area contributed by atoms with E-state index in [9.17, 15) is 9.59 Å². The molecule has 0 aromatic carbocycles. The number of carboxylic acid groups (broad SMARTS) is 1. The number of rotatable bonds is 4. The second-order valence-corrected chi connectivity index (χ2v) is 5.76. The van der Waals surface area contributed by atoms with Crippen LogP contribution < -0.4 is 0 Å². The van der Waals surface area contributed by atoms with Crippen molar-refractivity contribution in [2.45, 2.75) is 25.7 Å². The van der Waals surface area contributed by atoms with Gasteiger partial charge >= 0.3 is 11.9 Å². The number of fused-ring (bicyclic) bond motifs is 1. The average Bonchev–Trinajstić information content (AvgIpc) is 3.15. The number of esters is 1. The molecule has 1 fully saturated rings. The third-order valence-corrected chi connectivity index (χ3v) is 4.27. The Bertz CT molecular complexity index is 703. The normalized spacial score (nSPS) is 14.4. The molecule has 2 aromatic rings. The summed E-state index contributed by atoms with van der Waals surface area (Å²) in [5.41, 5.74) is 1.28. The molecule has 1 saturated carbocycles. The van der Waals surface area contributed by atoms with Crippen molar-refractivity contribution in [3.05, 3.63) is 28.3 Å². The Kier molecular flexibility index (Phi) is 3.17. The summed E-state index contributed by atoms with van der Waals surface area (Å²) < 4.78 is 4.97. The lowest BCUT2D eigenvalue weighted by Crippen LogP contribution is -2.07. The second kappa shape index (κ2) is 4.86. The summed E-state index contributed by atoms with van der Waals surface area (Å²) >= 11 is 1.10. The average molecular weight is 291 g/mol. The summed E-state index contributed by atoms with van der Waals surface area (Å²) in [6.07, 6.45) is 2.14. The van der Waals surface area contributed by atoms with Gasteiger partial charge in [-0.3, -0.25) is 0 Å². The van der Waals surface area contributed by atoms with Crippen LogP contribution in [-0.4, -0.2) is 28.6 Å². The van der Waals surface area contributed by atoms with Gasteiger partial charge in [-0.2, -0.15) is 0 Å². The van der Waals surface area contributed by atoms with Crippen molar-refractivity contribution in [2.75, 3.05) is 6.61 Å². The zero-order chi connectivity index (χ0) is 14.3. The van der Waals surface area contributed by atoms with Crippen LogP contribution in [0.5, 0.6) is 0 Å². The molecule has 0 aliphatic heterocycles. The zero-order valence-corrected chi connectivity index (χ0v) is 11.7. The molecule has 1 aliphatic rings. The number of carboxylic acids is 1. The molecule has 0 bridgehead atoms. The molecule has 104 valence electrons. The maximum absolute atomic E-state index is 11.8.